The van der Waals surface area contributed by atoms with Crippen LogP contribution in [0.25, 0.3) is 0 Å². The predicted molar refractivity (Wildman–Crippen MR) is 59.2 cm³/mol. The van der Waals surface area contributed by atoms with Crippen LogP contribution in [0, 0.1) is 11.8 Å². The molecule has 96 valence electrons. The summed E-state index contributed by atoms with van der Waals surface area (Å²) in [5.41, 5.74) is 4.57. The third kappa shape index (κ3) is 2.28. The fraction of sp³-hybridized carbons (Fsp3) is 0.818. The van der Waals surface area contributed by atoms with E-state index in [2.05, 4.69) is 5.32 Å². The Bertz CT molecular complexity index is 342. The van der Waals surface area contributed by atoms with Gasteiger partial charge in [0, 0.05) is 6.04 Å². The number of carboxylic acids is 1. The summed E-state index contributed by atoms with van der Waals surface area (Å²) in [6, 6.07) is -0.341. The fourth-order valence-corrected chi connectivity index (χ4v) is 2.18. The average molecular weight is 242 g/mol. The second-order valence-corrected chi connectivity index (χ2v) is 5.08. The van der Waals surface area contributed by atoms with Crippen molar-refractivity contribution in [2.24, 2.45) is 17.6 Å². The minimum atomic E-state index is -1.17. The summed E-state index contributed by atoms with van der Waals surface area (Å²) in [5, 5.41) is 11.9. The van der Waals surface area contributed by atoms with Crippen molar-refractivity contribution in [2.75, 3.05) is 13.2 Å². The molecule has 17 heavy (non-hydrogen) atoms. The van der Waals surface area contributed by atoms with Gasteiger partial charge in [-0.3, -0.25) is 4.79 Å². The van der Waals surface area contributed by atoms with Gasteiger partial charge in [0.2, 0.25) is 5.91 Å². The zero-order valence-electron chi connectivity index (χ0n) is 9.81. The van der Waals surface area contributed by atoms with Crippen molar-refractivity contribution in [2.45, 2.75) is 31.3 Å². The molecular weight excluding hydrogens is 224 g/mol. The lowest BCUT2D eigenvalue weighted by molar-refractivity contribution is -0.148. The molecule has 2 aliphatic rings. The summed E-state index contributed by atoms with van der Waals surface area (Å²) in [6.45, 7) is 2.19. The largest absolute Gasteiger partial charge is 0.480 e. The van der Waals surface area contributed by atoms with E-state index in [4.69, 9.17) is 10.5 Å². The first-order valence-corrected chi connectivity index (χ1v) is 5.84. The van der Waals surface area contributed by atoms with Crippen LogP contribution in [0.4, 0.5) is 0 Å². The molecule has 4 N–H and O–H groups in total. The van der Waals surface area contributed by atoms with Crippen molar-refractivity contribution >= 4 is 11.9 Å². The first-order chi connectivity index (χ1) is 7.95. The van der Waals surface area contributed by atoms with Gasteiger partial charge in [-0.15, -0.1) is 0 Å². The highest BCUT2D eigenvalue weighted by atomic mass is 16.5. The van der Waals surface area contributed by atoms with E-state index in [1.807, 2.05) is 0 Å². The predicted octanol–water partition coefficient (Wildman–Crippen LogP) is -0.670. The summed E-state index contributed by atoms with van der Waals surface area (Å²) in [4.78, 5) is 23.2. The summed E-state index contributed by atoms with van der Waals surface area (Å²) in [6.07, 6.45) is 1.69. The molecule has 0 aromatic heterocycles. The van der Waals surface area contributed by atoms with E-state index < -0.39 is 17.4 Å². The van der Waals surface area contributed by atoms with Crippen molar-refractivity contribution in [1.29, 1.82) is 0 Å². The minimum absolute atomic E-state index is 0.0301. The lowest BCUT2D eigenvalue weighted by Gasteiger charge is -2.28. The number of ether oxygens (including phenoxy) is 1. The lowest BCUT2D eigenvalue weighted by atomic mass is 9.93. The van der Waals surface area contributed by atoms with Crippen LogP contribution in [0.3, 0.4) is 0 Å². The highest BCUT2D eigenvalue weighted by Crippen LogP contribution is 2.40. The zero-order chi connectivity index (χ0) is 12.6. The summed E-state index contributed by atoms with van der Waals surface area (Å²) < 4.78 is 5.11. The molecule has 0 aromatic carbocycles. The topological polar surface area (TPSA) is 102 Å². The molecule has 0 aromatic rings. The van der Waals surface area contributed by atoms with E-state index in [0.29, 0.717) is 6.61 Å². The molecule has 3 unspecified atom stereocenters. The van der Waals surface area contributed by atoms with Gasteiger partial charge < -0.3 is 20.9 Å². The van der Waals surface area contributed by atoms with Crippen LogP contribution in [0.15, 0.2) is 0 Å². The van der Waals surface area contributed by atoms with E-state index in [1.165, 1.54) is 0 Å². The Hall–Kier alpha value is -1.14. The lowest BCUT2D eigenvalue weighted by Crippen LogP contribution is -2.57. The maximum Gasteiger partial charge on any atom is 0.329 e. The SMILES string of the molecule is CC(NC(=O)C1COCC1N)(C(=O)O)C1CC1. The highest BCUT2D eigenvalue weighted by molar-refractivity contribution is 5.88. The molecule has 0 spiro atoms. The van der Waals surface area contributed by atoms with Crippen LogP contribution < -0.4 is 11.1 Å². The quantitative estimate of drug-likeness (QED) is 0.607. The van der Waals surface area contributed by atoms with Crippen LogP contribution in [0.2, 0.25) is 0 Å². The Morgan fingerprint density at radius 2 is 2.06 bits per heavy atom. The Kier molecular flexibility index (Phi) is 3.09. The third-order valence-electron chi connectivity index (χ3n) is 3.68. The van der Waals surface area contributed by atoms with Gasteiger partial charge in [-0.2, -0.15) is 0 Å². The van der Waals surface area contributed by atoms with Gasteiger partial charge in [-0.25, -0.2) is 4.79 Å². The Balaban J connectivity index is 2.03. The number of carbonyl (C=O) groups excluding carboxylic acids is 1. The number of nitrogens with two attached hydrogens (primary N) is 1. The second kappa shape index (κ2) is 4.27. The molecule has 0 radical (unpaired) electrons. The monoisotopic (exact) mass is 242 g/mol. The van der Waals surface area contributed by atoms with Crippen molar-refractivity contribution in [3.63, 3.8) is 0 Å². The van der Waals surface area contributed by atoms with Gasteiger partial charge in [-0.1, -0.05) is 0 Å². The molecule has 1 amide bonds. The summed E-state index contributed by atoms with van der Waals surface area (Å²) in [7, 11) is 0. The maximum absolute atomic E-state index is 12.0. The number of nitrogens with one attached hydrogen (secondary N) is 1. The number of carboxylic acid groups (broad SMARTS) is 1. The summed E-state index contributed by atoms with van der Waals surface area (Å²) >= 11 is 0. The molecule has 2 fully saturated rings. The molecule has 1 aliphatic heterocycles. The van der Waals surface area contributed by atoms with E-state index in [1.54, 1.807) is 6.92 Å². The second-order valence-electron chi connectivity index (χ2n) is 5.08. The number of rotatable bonds is 4. The van der Waals surface area contributed by atoms with Gasteiger partial charge in [0.15, 0.2) is 0 Å². The van der Waals surface area contributed by atoms with Crippen molar-refractivity contribution < 1.29 is 19.4 Å². The van der Waals surface area contributed by atoms with Gasteiger partial charge in [0.1, 0.15) is 5.54 Å². The Labute approximate surface area is 99.5 Å². The third-order valence-corrected chi connectivity index (χ3v) is 3.68. The molecule has 1 saturated heterocycles. The number of amides is 1. The molecular formula is C11H18N2O4. The van der Waals surface area contributed by atoms with Crippen LogP contribution >= 0.6 is 0 Å². The van der Waals surface area contributed by atoms with Crippen molar-refractivity contribution in [3.8, 4) is 0 Å². The standard InChI is InChI=1S/C11H18N2O4/c1-11(10(15)16,6-2-3-6)13-9(14)7-4-17-5-8(7)12/h6-8H,2-5,12H2,1H3,(H,13,14)(H,15,16). The molecule has 6 heteroatoms. The first-order valence-electron chi connectivity index (χ1n) is 5.84. The van der Waals surface area contributed by atoms with Crippen LogP contribution in [-0.4, -0.2) is 41.8 Å². The van der Waals surface area contributed by atoms with Crippen LogP contribution in [0.5, 0.6) is 0 Å². The Morgan fingerprint density at radius 1 is 1.41 bits per heavy atom. The zero-order valence-corrected chi connectivity index (χ0v) is 9.81. The normalized spacial score (nSPS) is 31.9. The van der Waals surface area contributed by atoms with Crippen LogP contribution in [0.1, 0.15) is 19.8 Å². The molecule has 1 saturated carbocycles. The van der Waals surface area contributed by atoms with Crippen LogP contribution in [-0.2, 0) is 14.3 Å². The number of hydrogen-bond acceptors (Lipinski definition) is 4. The maximum atomic E-state index is 12.0. The van der Waals surface area contributed by atoms with E-state index in [-0.39, 0.29) is 24.5 Å². The van der Waals surface area contributed by atoms with E-state index in [9.17, 15) is 14.7 Å². The molecule has 1 heterocycles. The Morgan fingerprint density at radius 3 is 2.47 bits per heavy atom. The van der Waals surface area contributed by atoms with Crippen molar-refractivity contribution in [1.82, 2.24) is 5.32 Å². The van der Waals surface area contributed by atoms with Gasteiger partial charge in [0.25, 0.3) is 0 Å². The van der Waals surface area contributed by atoms with Gasteiger partial charge in [-0.05, 0) is 25.7 Å². The molecule has 6 nitrogen and oxygen atoms in total. The van der Waals surface area contributed by atoms with Gasteiger partial charge >= 0.3 is 5.97 Å². The number of carbonyl (C=O) groups is 2. The molecule has 2 rings (SSSR count). The summed E-state index contributed by atoms with van der Waals surface area (Å²) in [5.74, 6) is -1.71. The molecule has 1 aliphatic carbocycles. The fourth-order valence-electron chi connectivity index (χ4n) is 2.18. The number of hydrogen-bond donors (Lipinski definition) is 3. The smallest absolute Gasteiger partial charge is 0.329 e. The van der Waals surface area contributed by atoms with E-state index >= 15 is 0 Å². The van der Waals surface area contributed by atoms with E-state index in [0.717, 1.165) is 12.8 Å². The average Bonchev–Trinajstić information content (AvgIpc) is 3.01. The highest BCUT2D eigenvalue weighted by Gasteiger charge is 2.49. The molecule has 3 atom stereocenters. The minimum Gasteiger partial charge on any atom is -0.480 e. The molecule has 0 bridgehead atoms. The first kappa shape index (κ1) is 12.3. The van der Waals surface area contributed by atoms with Gasteiger partial charge in [0.05, 0.1) is 19.1 Å². The number of aliphatic carboxylic acids is 1. The van der Waals surface area contributed by atoms with Crippen molar-refractivity contribution in [3.05, 3.63) is 0 Å².